The molecule has 36 heavy (non-hydrogen) atoms. The molecule has 2 aliphatic carbocycles. The van der Waals surface area contributed by atoms with Crippen LogP contribution in [0.2, 0.25) is 0 Å². The minimum absolute atomic E-state index is 0.0941. The van der Waals surface area contributed by atoms with Crippen molar-refractivity contribution in [2.24, 2.45) is 11.8 Å². The van der Waals surface area contributed by atoms with Crippen molar-refractivity contribution in [1.29, 1.82) is 0 Å². The monoisotopic (exact) mass is 505 g/mol. The molecule has 0 spiro atoms. The number of nitrogens with zero attached hydrogens (tertiary/aromatic N) is 1. The summed E-state index contributed by atoms with van der Waals surface area (Å²) in [7, 11) is 0. The lowest BCUT2D eigenvalue weighted by Gasteiger charge is -2.38. The Morgan fingerprint density at radius 3 is 2.11 bits per heavy atom. The number of benzene rings is 1. The van der Waals surface area contributed by atoms with Crippen LogP contribution in [-0.4, -0.2) is 52.8 Å². The quantitative estimate of drug-likeness (QED) is 0.525. The second kappa shape index (κ2) is 11.7. The minimum Gasteiger partial charge on any atom is -0.508 e. The maximum atomic E-state index is 12.7. The van der Waals surface area contributed by atoms with Crippen LogP contribution < -0.4 is 10.6 Å². The number of phenols is 1. The first-order valence-electron chi connectivity index (χ1n) is 13.3. The van der Waals surface area contributed by atoms with E-state index in [0.717, 1.165) is 25.9 Å². The highest BCUT2D eigenvalue weighted by atomic mass is 19.3. The van der Waals surface area contributed by atoms with Gasteiger partial charge in [-0.05, 0) is 68.0 Å². The van der Waals surface area contributed by atoms with Gasteiger partial charge in [-0.15, -0.1) is 0 Å². The Labute approximate surface area is 211 Å². The van der Waals surface area contributed by atoms with E-state index in [1.54, 1.807) is 6.07 Å². The topological polar surface area (TPSA) is 98.7 Å². The number of aromatic hydroxyl groups is 1. The molecule has 3 aliphatic heterocycles. The number of alkyl halides is 2. The number of fused-ring (bicyclic) bond motifs is 1. The number of halogens is 2. The highest BCUT2D eigenvalue weighted by molar-refractivity contribution is 6.05. The zero-order valence-corrected chi connectivity index (χ0v) is 20.7. The van der Waals surface area contributed by atoms with Crippen LogP contribution in [0.3, 0.4) is 0 Å². The molecule has 198 valence electrons. The van der Waals surface area contributed by atoms with Gasteiger partial charge in [0.25, 0.3) is 5.91 Å². The first-order chi connectivity index (χ1) is 17.2. The Hall–Kier alpha value is -2.55. The van der Waals surface area contributed by atoms with Gasteiger partial charge in [-0.2, -0.15) is 0 Å². The van der Waals surface area contributed by atoms with Crippen LogP contribution in [0.1, 0.15) is 86.6 Å². The zero-order chi connectivity index (χ0) is 25.7. The van der Waals surface area contributed by atoms with Gasteiger partial charge in [-0.1, -0.05) is 32.1 Å². The molecule has 1 atom stereocenters. The number of carbonyl (C=O) groups is 3. The molecular formula is C27H37F2N3O4. The molecule has 0 bridgehead atoms. The second-order valence-electron chi connectivity index (χ2n) is 10.6. The van der Waals surface area contributed by atoms with E-state index in [9.17, 15) is 28.3 Å². The number of amides is 3. The molecule has 7 nitrogen and oxygen atoms in total. The number of nitrogens with one attached hydrogen (secondary N) is 2. The Morgan fingerprint density at radius 1 is 0.917 bits per heavy atom. The summed E-state index contributed by atoms with van der Waals surface area (Å²) in [6.07, 6.45) is 9.79. The van der Waals surface area contributed by atoms with Crippen molar-refractivity contribution >= 4 is 17.7 Å². The maximum Gasteiger partial charge on any atom is 0.255 e. The summed E-state index contributed by atoms with van der Waals surface area (Å²) in [5, 5.41) is 14.8. The third-order valence-corrected chi connectivity index (χ3v) is 8.00. The standard InChI is InChI=1S/C13H12N2O4.C9H15F2N.C5H10/c16-8-1-2-9-7(5-8)6-15(13(9)19)10-3-4-11(17)14-12(10)18;10-9(11)3-1-7(2-4-9)8-5-12-6-8;1-2-4-5-3-1/h1-2,5,10,16H,3-4,6H2,(H,14,17,18);7-8,12H,1-6H2;1-5H2. The second-order valence-corrected chi connectivity index (χ2v) is 10.6. The van der Waals surface area contributed by atoms with Crippen LogP contribution in [0.15, 0.2) is 18.2 Å². The smallest absolute Gasteiger partial charge is 0.255 e. The maximum absolute atomic E-state index is 12.7. The summed E-state index contributed by atoms with van der Waals surface area (Å²) in [4.78, 5) is 36.6. The van der Waals surface area contributed by atoms with E-state index in [2.05, 4.69) is 10.6 Å². The van der Waals surface area contributed by atoms with Crippen LogP contribution >= 0.6 is 0 Å². The fraction of sp³-hybridized carbons (Fsp3) is 0.667. The number of piperidine rings is 1. The lowest BCUT2D eigenvalue weighted by molar-refractivity contribution is -0.136. The van der Waals surface area contributed by atoms with Crippen molar-refractivity contribution in [3.63, 3.8) is 0 Å². The van der Waals surface area contributed by atoms with Gasteiger partial charge in [0.05, 0.1) is 0 Å². The molecule has 0 radical (unpaired) electrons. The van der Waals surface area contributed by atoms with Gasteiger partial charge in [0.15, 0.2) is 0 Å². The number of carbonyl (C=O) groups excluding carboxylic acids is 3. The molecular weight excluding hydrogens is 468 g/mol. The third-order valence-electron chi connectivity index (χ3n) is 8.00. The average Bonchev–Trinajstić information content (AvgIpc) is 3.47. The van der Waals surface area contributed by atoms with E-state index < -0.39 is 17.9 Å². The summed E-state index contributed by atoms with van der Waals surface area (Å²) in [6.45, 7) is 2.39. The summed E-state index contributed by atoms with van der Waals surface area (Å²) in [6, 6.07) is 3.92. The molecule has 1 unspecified atom stereocenters. The summed E-state index contributed by atoms with van der Waals surface area (Å²) < 4.78 is 25.5. The average molecular weight is 506 g/mol. The fourth-order valence-electron chi connectivity index (χ4n) is 5.62. The molecule has 5 aliphatic rings. The van der Waals surface area contributed by atoms with Crippen LogP contribution in [0, 0.1) is 11.8 Å². The highest BCUT2D eigenvalue weighted by Gasteiger charge is 2.40. The van der Waals surface area contributed by atoms with E-state index in [0.29, 0.717) is 29.4 Å². The van der Waals surface area contributed by atoms with E-state index in [4.69, 9.17) is 0 Å². The third kappa shape index (κ3) is 6.60. The van der Waals surface area contributed by atoms with E-state index in [1.807, 2.05) is 0 Å². The van der Waals surface area contributed by atoms with Crippen molar-refractivity contribution in [3.8, 4) is 5.75 Å². The Balaban J connectivity index is 0.000000151. The van der Waals surface area contributed by atoms with Crippen molar-refractivity contribution < 1.29 is 28.3 Å². The number of hydrogen-bond donors (Lipinski definition) is 3. The molecule has 1 aromatic rings. The van der Waals surface area contributed by atoms with E-state index >= 15 is 0 Å². The van der Waals surface area contributed by atoms with Crippen molar-refractivity contribution in [1.82, 2.24) is 15.5 Å². The lowest BCUT2D eigenvalue weighted by Crippen LogP contribution is -2.52. The minimum atomic E-state index is -2.35. The number of rotatable bonds is 2. The SMILES string of the molecule is C1CCCC1.FC1(F)CCC(C2CNC2)CC1.O=C1CCC(N2Cc3cc(O)ccc3C2=O)C(=O)N1. The molecule has 0 aromatic heterocycles. The molecule has 2 saturated carbocycles. The molecule has 6 rings (SSSR count). The zero-order valence-electron chi connectivity index (χ0n) is 20.7. The molecule has 3 N–H and O–H groups in total. The molecule has 3 heterocycles. The van der Waals surface area contributed by atoms with Crippen molar-refractivity contribution in [2.45, 2.75) is 89.1 Å². The summed E-state index contributed by atoms with van der Waals surface area (Å²) >= 11 is 0. The Morgan fingerprint density at radius 2 is 1.56 bits per heavy atom. The van der Waals surface area contributed by atoms with Gasteiger partial charge in [-0.25, -0.2) is 8.78 Å². The molecule has 3 amide bonds. The normalized spacial score (nSPS) is 25.7. The van der Waals surface area contributed by atoms with Gasteiger partial charge in [0, 0.05) is 31.4 Å². The first kappa shape index (κ1) is 26.5. The van der Waals surface area contributed by atoms with Crippen LogP contribution in [-0.2, 0) is 16.1 Å². The van der Waals surface area contributed by atoms with Crippen LogP contribution in [0.25, 0.3) is 0 Å². The number of phenolic OH excluding ortho intramolecular Hbond substituents is 1. The predicted molar refractivity (Wildman–Crippen MR) is 131 cm³/mol. The van der Waals surface area contributed by atoms with Gasteiger partial charge in [-0.3, -0.25) is 19.7 Å². The Kier molecular flexibility index (Phi) is 8.59. The number of hydrogen-bond acceptors (Lipinski definition) is 5. The van der Waals surface area contributed by atoms with Gasteiger partial charge in [0.1, 0.15) is 11.8 Å². The highest BCUT2D eigenvalue weighted by Crippen LogP contribution is 2.40. The van der Waals surface area contributed by atoms with Crippen LogP contribution in [0.5, 0.6) is 5.75 Å². The summed E-state index contributed by atoms with van der Waals surface area (Å²) in [5.41, 5.74) is 1.21. The van der Waals surface area contributed by atoms with Gasteiger partial charge in [0.2, 0.25) is 17.7 Å². The van der Waals surface area contributed by atoms with E-state index in [-0.39, 0.29) is 43.4 Å². The summed E-state index contributed by atoms with van der Waals surface area (Å²) in [5.74, 6) is -1.95. The molecule has 9 heteroatoms. The van der Waals surface area contributed by atoms with Crippen LogP contribution in [0.4, 0.5) is 8.78 Å². The largest absolute Gasteiger partial charge is 0.508 e. The fourth-order valence-corrected chi connectivity index (χ4v) is 5.62. The number of imide groups is 1. The molecule has 1 aromatic carbocycles. The molecule has 4 fully saturated rings. The van der Waals surface area contributed by atoms with E-state index in [1.165, 1.54) is 49.1 Å². The van der Waals surface area contributed by atoms with Gasteiger partial charge >= 0.3 is 0 Å². The molecule has 2 saturated heterocycles. The van der Waals surface area contributed by atoms with Crippen molar-refractivity contribution in [2.75, 3.05) is 13.1 Å². The van der Waals surface area contributed by atoms with Crippen molar-refractivity contribution in [3.05, 3.63) is 29.3 Å². The van der Waals surface area contributed by atoms with Gasteiger partial charge < -0.3 is 15.3 Å². The predicted octanol–water partition coefficient (Wildman–Crippen LogP) is 4.14. The lowest BCUT2D eigenvalue weighted by atomic mass is 9.76. The first-order valence-corrected chi connectivity index (χ1v) is 13.3. The Bertz CT molecular complexity index is 945.